The molecule has 0 radical (unpaired) electrons. The van der Waals surface area contributed by atoms with Crippen LogP contribution in [-0.2, 0) is 6.54 Å². The summed E-state index contributed by atoms with van der Waals surface area (Å²) in [6, 6.07) is 11.5. The number of benzene rings is 1. The lowest BCUT2D eigenvalue weighted by atomic mass is 9.75. The van der Waals surface area contributed by atoms with Gasteiger partial charge in [0.2, 0.25) is 0 Å². The van der Waals surface area contributed by atoms with Gasteiger partial charge < -0.3 is 10.2 Å². The molecule has 3 heteroatoms. The molecule has 2 aliphatic rings. The molecule has 1 saturated carbocycles. The van der Waals surface area contributed by atoms with E-state index in [0.717, 1.165) is 19.0 Å². The highest BCUT2D eigenvalue weighted by Gasteiger charge is 2.37. The lowest BCUT2D eigenvalue weighted by Crippen LogP contribution is -2.55. The number of likely N-dealkylation sites (tertiary alicyclic amines) is 1. The lowest BCUT2D eigenvalue weighted by Gasteiger charge is -2.46. The van der Waals surface area contributed by atoms with Gasteiger partial charge in [0.15, 0.2) is 0 Å². The molecule has 3 atom stereocenters. The summed E-state index contributed by atoms with van der Waals surface area (Å²) in [5.74, 6) is 0.862. The number of hydrogen-bond donors (Lipinski definition) is 1. The molecular formula is C21H35N3. The summed E-state index contributed by atoms with van der Waals surface area (Å²) >= 11 is 0. The van der Waals surface area contributed by atoms with E-state index in [1.54, 1.807) is 0 Å². The molecule has 1 saturated heterocycles. The average molecular weight is 330 g/mol. The average Bonchev–Trinajstić information content (AvgIpc) is 3.01. The molecule has 0 spiro atoms. The number of nitrogens with zero attached hydrogens (tertiary/aromatic N) is 2. The van der Waals surface area contributed by atoms with Gasteiger partial charge in [-0.25, -0.2) is 0 Å². The fraction of sp³-hybridized carbons (Fsp3) is 0.714. The van der Waals surface area contributed by atoms with Crippen LogP contribution < -0.4 is 5.32 Å². The molecule has 0 amide bonds. The van der Waals surface area contributed by atoms with Crippen molar-refractivity contribution < 1.29 is 0 Å². The summed E-state index contributed by atoms with van der Waals surface area (Å²) in [4.78, 5) is 5.09. The van der Waals surface area contributed by atoms with Gasteiger partial charge in [0, 0.05) is 37.8 Å². The molecule has 1 aliphatic heterocycles. The van der Waals surface area contributed by atoms with Gasteiger partial charge in [0.1, 0.15) is 0 Å². The Morgan fingerprint density at radius 1 is 1.21 bits per heavy atom. The highest BCUT2D eigenvalue weighted by Crippen LogP contribution is 2.35. The van der Waals surface area contributed by atoms with Crippen LogP contribution in [0.1, 0.15) is 44.6 Å². The van der Waals surface area contributed by atoms with Gasteiger partial charge in [0.25, 0.3) is 0 Å². The molecule has 1 aromatic rings. The number of hydrogen-bond acceptors (Lipinski definition) is 3. The van der Waals surface area contributed by atoms with Crippen molar-refractivity contribution in [2.24, 2.45) is 5.92 Å². The largest absolute Gasteiger partial charge is 0.311 e. The molecule has 3 unspecified atom stereocenters. The number of rotatable bonds is 6. The van der Waals surface area contributed by atoms with Crippen molar-refractivity contribution >= 4 is 0 Å². The van der Waals surface area contributed by atoms with Crippen LogP contribution in [0.4, 0.5) is 0 Å². The summed E-state index contributed by atoms with van der Waals surface area (Å²) < 4.78 is 0. The maximum Gasteiger partial charge on any atom is 0.0330 e. The van der Waals surface area contributed by atoms with Crippen LogP contribution >= 0.6 is 0 Å². The predicted octanol–water partition coefficient (Wildman–Crippen LogP) is 3.36. The molecule has 1 aromatic carbocycles. The molecule has 1 N–H and O–H groups in total. The van der Waals surface area contributed by atoms with Crippen LogP contribution in [0.15, 0.2) is 30.3 Å². The zero-order chi connectivity index (χ0) is 17.0. The lowest BCUT2D eigenvalue weighted by molar-refractivity contribution is 0.0724. The summed E-state index contributed by atoms with van der Waals surface area (Å²) in [6.07, 6.45) is 6.76. The van der Waals surface area contributed by atoms with Gasteiger partial charge in [-0.15, -0.1) is 0 Å². The van der Waals surface area contributed by atoms with E-state index in [1.807, 2.05) is 0 Å². The molecule has 1 aliphatic carbocycles. The van der Waals surface area contributed by atoms with Crippen molar-refractivity contribution in [1.82, 2.24) is 15.1 Å². The van der Waals surface area contributed by atoms with Crippen LogP contribution in [-0.4, -0.2) is 55.1 Å². The maximum atomic E-state index is 3.93. The van der Waals surface area contributed by atoms with Gasteiger partial charge in [-0.3, -0.25) is 4.90 Å². The van der Waals surface area contributed by atoms with Crippen LogP contribution in [0.3, 0.4) is 0 Å². The quantitative estimate of drug-likeness (QED) is 0.863. The molecule has 3 rings (SSSR count). The van der Waals surface area contributed by atoms with E-state index in [-0.39, 0.29) is 0 Å². The second kappa shape index (κ2) is 7.99. The highest BCUT2D eigenvalue weighted by molar-refractivity contribution is 5.14. The Kier molecular flexibility index (Phi) is 5.96. The first kappa shape index (κ1) is 17.9. The minimum atomic E-state index is 0.366. The number of nitrogens with one attached hydrogen (secondary N) is 1. The Morgan fingerprint density at radius 2 is 2.00 bits per heavy atom. The van der Waals surface area contributed by atoms with Crippen molar-refractivity contribution in [1.29, 1.82) is 0 Å². The molecule has 0 aromatic heterocycles. The molecule has 3 nitrogen and oxygen atoms in total. The van der Waals surface area contributed by atoms with Crippen molar-refractivity contribution in [2.45, 2.75) is 57.2 Å². The Balaban J connectivity index is 1.50. The van der Waals surface area contributed by atoms with Crippen molar-refractivity contribution in [3.05, 3.63) is 35.9 Å². The van der Waals surface area contributed by atoms with Crippen LogP contribution in [0, 0.1) is 5.92 Å². The smallest absolute Gasteiger partial charge is 0.0330 e. The van der Waals surface area contributed by atoms with Gasteiger partial charge in [-0.1, -0.05) is 50.1 Å². The molecule has 1 heterocycles. The van der Waals surface area contributed by atoms with Crippen molar-refractivity contribution in [3.8, 4) is 0 Å². The molecule has 2 fully saturated rings. The minimum Gasteiger partial charge on any atom is -0.311 e. The van der Waals surface area contributed by atoms with Crippen LogP contribution in [0.25, 0.3) is 0 Å². The van der Waals surface area contributed by atoms with Crippen molar-refractivity contribution in [2.75, 3.05) is 33.7 Å². The third-order valence-electron chi connectivity index (χ3n) is 6.26. The zero-order valence-corrected chi connectivity index (χ0v) is 15.8. The third-order valence-corrected chi connectivity index (χ3v) is 6.26. The zero-order valence-electron chi connectivity index (χ0n) is 15.8. The fourth-order valence-corrected chi connectivity index (χ4v) is 4.68. The number of likely N-dealkylation sites (N-methyl/N-ethyl adjacent to an activating group) is 1. The standard InChI is InChI=1S/C21H35N3/c1-18-8-7-12-21(14-18,23(2)3)17-22-20-11-13-24(16-20)15-19-9-5-4-6-10-19/h4-6,9-10,18,20,22H,7-8,11-17H2,1-3H3. The molecule has 134 valence electrons. The monoisotopic (exact) mass is 329 g/mol. The first-order valence-electron chi connectivity index (χ1n) is 9.74. The van der Waals surface area contributed by atoms with Gasteiger partial charge in [0.05, 0.1) is 0 Å². The van der Waals surface area contributed by atoms with Crippen LogP contribution in [0.5, 0.6) is 0 Å². The maximum absolute atomic E-state index is 3.93. The SMILES string of the molecule is CC1CCCC(CNC2CCN(Cc3ccccc3)C2)(N(C)C)C1. The van der Waals surface area contributed by atoms with Gasteiger partial charge >= 0.3 is 0 Å². The Labute approximate surface area is 148 Å². The first-order valence-corrected chi connectivity index (χ1v) is 9.74. The summed E-state index contributed by atoms with van der Waals surface area (Å²) in [5.41, 5.74) is 1.80. The summed E-state index contributed by atoms with van der Waals surface area (Å²) in [7, 11) is 4.55. The Morgan fingerprint density at radius 3 is 2.71 bits per heavy atom. The van der Waals surface area contributed by atoms with Crippen LogP contribution in [0.2, 0.25) is 0 Å². The fourth-order valence-electron chi connectivity index (χ4n) is 4.68. The predicted molar refractivity (Wildman–Crippen MR) is 102 cm³/mol. The molecule has 24 heavy (non-hydrogen) atoms. The first-order chi connectivity index (χ1) is 11.6. The van der Waals surface area contributed by atoms with E-state index in [1.165, 1.54) is 50.8 Å². The molecular weight excluding hydrogens is 294 g/mol. The summed E-state index contributed by atoms with van der Waals surface area (Å²) in [6.45, 7) is 7.07. The van der Waals surface area contributed by atoms with Crippen molar-refractivity contribution in [3.63, 3.8) is 0 Å². The normalized spacial score (nSPS) is 31.7. The third kappa shape index (κ3) is 4.38. The van der Waals surface area contributed by atoms with E-state index in [9.17, 15) is 0 Å². The minimum absolute atomic E-state index is 0.366. The van der Waals surface area contributed by atoms with Gasteiger partial charge in [-0.05, 0) is 44.8 Å². The second-order valence-corrected chi connectivity index (χ2v) is 8.41. The van der Waals surface area contributed by atoms with Gasteiger partial charge in [-0.2, -0.15) is 0 Å². The van der Waals surface area contributed by atoms with E-state index in [4.69, 9.17) is 0 Å². The van der Waals surface area contributed by atoms with E-state index >= 15 is 0 Å². The highest BCUT2D eigenvalue weighted by atomic mass is 15.2. The Hall–Kier alpha value is -0.900. The Bertz CT molecular complexity index is 501. The molecule has 0 bridgehead atoms. The summed E-state index contributed by atoms with van der Waals surface area (Å²) in [5, 5.41) is 3.93. The van der Waals surface area contributed by atoms with E-state index < -0.39 is 0 Å². The van der Waals surface area contributed by atoms with E-state index in [0.29, 0.717) is 11.6 Å². The topological polar surface area (TPSA) is 18.5 Å². The van der Waals surface area contributed by atoms with E-state index in [2.05, 4.69) is 66.5 Å². The second-order valence-electron chi connectivity index (χ2n) is 8.41.